The number of hydrogen-bond donors (Lipinski definition) is 0. The third kappa shape index (κ3) is 2.01. The van der Waals surface area contributed by atoms with Gasteiger partial charge in [0.25, 0.3) is 0 Å². The lowest BCUT2D eigenvalue weighted by atomic mass is 9.95. The van der Waals surface area contributed by atoms with Crippen LogP contribution in [0.1, 0.15) is 18.1 Å². The van der Waals surface area contributed by atoms with Crippen LogP contribution in [0.4, 0.5) is 0 Å². The van der Waals surface area contributed by atoms with Crippen molar-refractivity contribution in [3.8, 4) is 28.0 Å². The van der Waals surface area contributed by atoms with Gasteiger partial charge >= 0.3 is 0 Å². The Morgan fingerprint density at radius 3 is 2.41 bits per heavy atom. The van der Waals surface area contributed by atoms with Crippen molar-refractivity contribution in [3.63, 3.8) is 0 Å². The summed E-state index contributed by atoms with van der Waals surface area (Å²) in [4.78, 5) is 0. The van der Waals surface area contributed by atoms with E-state index in [4.69, 9.17) is 4.74 Å². The largest absolute Gasteiger partial charge is 0.493 e. The maximum atomic E-state index is 5.90. The molecule has 0 aromatic heterocycles. The van der Waals surface area contributed by atoms with Crippen molar-refractivity contribution >= 4 is 0 Å². The van der Waals surface area contributed by atoms with Gasteiger partial charge in [-0.1, -0.05) is 60.7 Å². The molecule has 0 bridgehead atoms. The average Bonchev–Trinajstić information content (AvgIpc) is 2.96. The van der Waals surface area contributed by atoms with Crippen molar-refractivity contribution in [3.05, 3.63) is 77.9 Å². The Balaban J connectivity index is 1.96. The van der Waals surface area contributed by atoms with Crippen LogP contribution in [0.5, 0.6) is 5.75 Å². The van der Waals surface area contributed by atoms with E-state index in [-0.39, 0.29) is 0 Å². The van der Waals surface area contributed by atoms with Gasteiger partial charge in [0.15, 0.2) is 0 Å². The average molecular weight is 286 g/mol. The minimum atomic E-state index is 0.694. The second-order valence-corrected chi connectivity index (χ2v) is 5.60. The first-order valence-electron chi connectivity index (χ1n) is 7.81. The zero-order valence-electron chi connectivity index (χ0n) is 12.7. The Morgan fingerprint density at radius 2 is 1.59 bits per heavy atom. The van der Waals surface area contributed by atoms with Crippen LogP contribution in [-0.2, 0) is 6.42 Å². The highest BCUT2D eigenvalue weighted by Crippen LogP contribution is 2.46. The Labute approximate surface area is 131 Å². The molecule has 22 heavy (non-hydrogen) atoms. The first kappa shape index (κ1) is 13.1. The summed E-state index contributed by atoms with van der Waals surface area (Å²) < 4.78 is 5.90. The van der Waals surface area contributed by atoms with Gasteiger partial charge in [0.1, 0.15) is 5.75 Å². The van der Waals surface area contributed by atoms with E-state index in [9.17, 15) is 0 Å². The van der Waals surface area contributed by atoms with Gasteiger partial charge in [-0.15, -0.1) is 0 Å². The SMILES string of the molecule is CCOc1ccc(-c2ccccc2)c2c1-c1ccccc1C2. The van der Waals surface area contributed by atoms with Gasteiger partial charge < -0.3 is 4.74 Å². The molecular formula is C21H18O. The maximum Gasteiger partial charge on any atom is 0.127 e. The Kier molecular flexibility index (Phi) is 3.19. The van der Waals surface area contributed by atoms with E-state index < -0.39 is 0 Å². The van der Waals surface area contributed by atoms with Crippen LogP contribution in [0.3, 0.4) is 0 Å². The summed E-state index contributed by atoms with van der Waals surface area (Å²) in [7, 11) is 0. The van der Waals surface area contributed by atoms with Gasteiger partial charge in [0.2, 0.25) is 0 Å². The molecule has 0 saturated heterocycles. The lowest BCUT2D eigenvalue weighted by Crippen LogP contribution is -1.96. The normalized spacial score (nSPS) is 11.9. The van der Waals surface area contributed by atoms with E-state index in [0.717, 1.165) is 12.2 Å². The van der Waals surface area contributed by atoms with Crippen molar-refractivity contribution in [2.45, 2.75) is 13.3 Å². The van der Waals surface area contributed by atoms with Crippen molar-refractivity contribution in [2.75, 3.05) is 6.61 Å². The summed E-state index contributed by atoms with van der Waals surface area (Å²) in [6.45, 7) is 2.73. The monoisotopic (exact) mass is 286 g/mol. The van der Waals surface area contributed by atoms with Crippen LogP contribution in [0.15, 0.2) is 66.7 Å². The van der Waals surface area contributed by atoms with Gasteiger partial charge in [0, 0.05) is 5.56 Å². The molecule has 108 valence electrons. The van der Waals surface area contributed by atoms with E-state index in [1.165, 1.54) is 33.4 Å². The van der Waals surface area contributed by atoms with Crippen molar-refractivity contribution in [1.29, 1.82) is 0 Å². The van der Waals surface area contributed by atoms with Crippen LogP contribution in [0.25, 0.3) is 22.3 Å². The quantitative estimate of drug-likeness (QED) is 0.495. The fourth-order valence-corrected chi connectivity index (χ4v) is 3.38. The molecule has 1 aliphatic rings. The summed E-state index contributed by atoms with van der Waals surface area (Å²) in [5, 5.41) is 0. The van der Waals surface area contributed by atoms with Gasteiger partial charge in [-0.2, -0.15) is 0 Å². The summed E-state index contributed by atoms with van der Waals surface area (Å²) in [5.41, 5.74) is 7.96. The van der Waals surface area contributed by atoms with E-state index in [1.807, 2.05) is 6.92 Å². The van der Waals surface area contributed by atoms with E-state index >= 15 is 0 Å². The number of benzene rings is 3. The molecule has 0 radical (unpaired) electrons. The topological polar surface area (TPSA) is 9.23 Å². The predicted octanol–water partition coefficient (Wildman–Crippen LogP) is 5.32. The fourth-order valence-electron chi connectivity index (χ4n) is 3.38. The molecule has 0 heterocycles. The van der Waals surface area contributed by atoms with E-state index in [2.05, 4.69) is 66.7 Å². The summed E-state index contributed by atoms with van der Waals surface area (Å²) in [6, 6.07) is 23.6. The molecule has 0 aliphatic heterocycles. The zero-order chi connectivity index (χ0) is 14.9. The van der Waals surface area contributed by atoms with E-state index in [1.54, 1.807) is 0 Å². The number of hydrogen-bond acceptors (Lipinski definition) is 1. The molecule has 1 aliphatic carbocycles. The van der Waals surface area contributed by atoms with Crippen molar-refractivity contribution in [1.82, 2.24) is 0 Å². The molecule has 3 aromatic carbocycles. The molecule has 0 spiro atoms. The number of ether oxygens (including phenoxy) is 1. The molecule has 0 N–H and O–H groups in total. The molecule has 0 saturated carbocycles. The Bertz CT molecular complexity index is 819. The first-order chi connectivity index (χ1) is 10.9. The van der Waals surface area contributed by atoms with Gasteiger partial charge in [-0.25, -0.2) is 0 Å². The van der Waals surface area contributed by atoms with Gasteiger partial charge in [0.05, 0.1) is 6.61 Å². The second kappa shape index (κ2) is 5.34. The van der Waals surface area contributed by atoms with Gasteiger partial charge in [-0.05, 0) is 47.2 Å². The molecule has 1 heteroatoms. The summed E-state index contributed by atoms with van der Waals surface area (Å²) in [6.07, 6.45) is 0.983. The fraction of sp³-hybridized carbons (Fsp3) is 0.143. The number of rotatable bonds is 3. The minimum absolute atomic E-state index is 0.694. The maximum absolute atomic E-state index is 5.90. The summed E-state index contributed by atoms with van der Waals surface area (Å²) in [5.74, 6) is 1.00. The van der Waals surface area contributed by atoms with Crippen LogP contribution >= 0.6 is 0 Å². The standard InChI is InChI=1S/C21H18O/c1-2-22-20-13-12-17(15-8-4-3-5-9-15)19-14-16-10-6-7-11-18(16)21(19)20/h3-13H,2,14H2,1H3. The molecule has 0 atom stereocenters. The van der Waals surface area contributed by atoms with Crippen LogP contribution in [0.2, 0.25) is 0 Å². The molecule has 0 amide bonds. The lowest BCUT2D eigenvalue weighted by Gasteiger charge is -2.14. The second-order valence-electron chi connectivity index (χ2n) is 5.60. The smallest absolute Gasteiger partial charge is 0.127 e. The highest BCUT2D eigenvalue weighted by Gasteiger charge is 2.25. The first-order valence-corrected chi connectivity index (χ1v) is 7.81. The minimum Gasteiger partial charge on any atom is -0.493 e. The lowest BCUT2D eigenvalue weighted by molar-refractivity contribution is 0.341. The molecule has 0 fully saturated rings. The van der Waals surface area contributed by atoms with E-state index in [0.29, 0.717) is 6.61 Å². The van der Waals surface area contributed by atoms with Gasteiger partial charge in [-0.3, -0.25) is 0 Å². The van der Waals surface area contributed by atoms with Crippen LogP contribution in [-0.4, -0.2) is 6.61 Å². The third-order valence-corrected chi connectivity index (χ3v) is 4.31. The molecule has 0 unspecified atom stereocenters. The van der Waals surface area contributed by atoms with Crippen molar-refractivity contribution in [2.24, 2.45) is 0 Å². The van der Waals surface area contributed by atoms with Crippen LogP contribution < -0.4 is 4.74 Å². The zero-order valence-corrected chi connectivity index (χ0v) is 12.7. The Hall–Kier alpha value is -2.54. The Morgan fingerprint density at radius 1 is 0.818 bits per heavy atom. The summed E-state index contributed by atoms with van der Waals surface area (Å²) >= 11 is 0. The predicted molar refractivity (Wildman–Crippen MR) is 91.3 cm³/mol. The molecule has 3 aromatic rings. The number of fused-ring (bicyclic) bond motifs is 3. The highest BCUT2D eigenvalue weighted by molar-refractivity contribution is 5.88. The highest BCUT2D eigenvalue weighted by atomic mass is 16.5. The molecule has 4 rings (SSSR count). The van der Waals surface area contributed by atoms with Crippen LogP contribution in [0, 0.1) is 0 Å². The molecular weight excluding hydrogens is 268 g/mol. The third-order valence-electron chi connectivity index (χ3n) is 4.31. The molecule has 1 nitrogen and oxygen atoms in total. The van der Waals surface area contributed by atoms with Crippen molar-refractivity contribution < 1.29 is 4.74 Å².